The van der Waals surface area contributed by atoms with E-state index in [0.717, 1.165) is 65.3 Å². The van der Waals surface area contributed by atoms with E-state index < -0.39 is 9.84 Å². The Morgan fingerprint density at radius 1 is 0.925 bits per heavy atom. The Labute approximate surface area is 232 Å². The van der Waals surface area contributed by atoms with Gasteiger partial charge in [0.2, 0.25) is 0 Å². The third kappa shape index (κ3) is 5.06. The number of anilines is 1. The van der Waals surface area contributed by atoms with Crippen LogP contribution in [0.1, 0.15) is 11.1 Å². The topological polar surface area (TPSA) is 112 Å². The molecule has 0 spiro atoms. The van der Waals surface area contributed by atoms with Crippen LogP contribution in [0.25, 0.3) is 27.8 Å². The lowest BCUT2D eigenvalue weighted by Crippen LogP contribution is -2.46. The summed E-state index contributed by atoms with van der Waals surface area (Å²) in [6.07, 6.45) is 10.3. The second kappa shape index (κ2) is 10.2. The molecule has 0 amide bonds. The molecule has 0 bridgehead atoms. The average Bonchev–Trinajstić information content (AvgIpc) is 3.59. The van der Waals surface area contributed by atoms with Crippen LogP contribution >= 0.6 is 0 Å². The predicted octanol–water partition coefficient (Wildman–Crippen LogP) is 3.39. The molecule has 1 aliphatic heterocycles. The average molecular weight is 553 g/mol. The highest BCUT2D eigenvalue weighted by atomic mass is 32.2. The molecule has 11 heteroatoms. The number of rotatable bonds is 6. The predicted molar refractivity (Wildman–Crippen MR) is 152 cm³/mol. The number of hydrogen-bond donors (Lipinski definition) is 0. The van der Waals surface area contributed by atoms with Crippen LogP contribution in [0.15, 0.2) is 78.3 Å². The number of nitriles is 1. The molecule has 1 aliphatic rings. The number of aromatic nitrogens is 5. The molecule has 0 radical (unpaired) electrons. The van der Waals surface area contributed by atoms with Crippen LogP contribution in [0.2, 0.25) is 0 Å². The number of fused-ring (bicyclic) bond motifs is 1. The maximum atomic E-state index is 11.9. The van der Waals surface area contributed by atoms with E-state index in [9.17, 15) is 13.7 Å². The molecular formula is C29H28N8O2S. The van der Waals surface area contributed by atoms with Crippen molar-refractivity contribution in [3.63, 3.8) is 0 Å². The van der Waals surface area contributed by atoms with Gasteiger partial charge in [0.05, 0.1) is 28.4 Å². The summed E-state index contributed by atoms with van der Waals surface area (Å²) in [6.45, 7) is 4.04. The largest absolute Gasteiger partial charge is 0.354 e. The van der Waals surface area contributed by atoms with Gasteiger partial charge in [0.1, 0.15) is 11.9 Å². The summed E-state index contributed by atoms with van der Waals surface area (Å²) in [5.74, 6) is 0.899. The number of hydrogen-bond acceptors (Lipinski definition) is 8. The van der Waals surface area contributed by atoms with Crippen molar-refractivity contribution in [1.82, 2.24) is 29.3 Å². The number of piperazine rings is 1. The second-order valence-corrected chi connectivity index (χ2v) is 12.1. The van der Waals surface area contributed by atoms with Crippen molar-refractivity contribution in [2.75, 3.05) is 37.3 Å². The molecule has 0 N–H and O–H groups in total. The van der Waals surface area contributed by atoms with Crippen molar-refractivity contribution < 1.29 is 8.42 Å². The van der Waals surface area contributed by atoms with E-state index in [4.69, 9.17) is 4.98 Å². The zero-order valence-corrected chi connectivity index (χ0v) is 23.1. The molecular weight excluding hydrogens is 524 g/mol. The summed E-state index contributed by atoms with van der Waals surface area (Å²) in [6, 6.07) is 15.6. The molecule has 40 heavy (non-hydrogen) atoms. The Kier molecular flexibility index (Phi) is 6.57. The highest BCUT2D eigenvalue weighted by Crippen LogP contribution is 2.32. The summed E-state index contributed by atoms with van der Waals surface area (Å²) in [4.78, 5) is 9.73. The molecule has 1 saturated heterocycles. The minimum atomic E-state index is -3.22. The zero-order chi connectivity index (χ0) is 27.9. The van der Waals surface area contributed by atoms with Gasteiger partial charge in [-0.2, -0.15) is 15.5 Å². The van der Waals surface area contributed by atoms with Crippen LogP contribution in [0, 0.1) is 11.3 Å². The maximum absolute atomic E-state index is 11.9. The fraction of sp³-hybridized carbons (Fsp3) is 0.241. The number of sulfone groups is 1. The lowest BCUT2D eigenvalue weighted by Gasteiger charge is -2.35. The normalized spacial score (nSPS) is 14.5. The van der Waals surface area contributed by atoms with Gasteiger partial charge in [-0.3, -0.25) is 9.58 Å². The quantitative estimate of drug-likeness (QED) is 0.315. The maximum Gasteiger partial charge on any atom is 0.175 e. The molecule has 0 atom stereocenters. The molecule has 1 fully saturated rings. The highest BCUT2D eigenvalue weighted by Gasteiger charge is 2.20. The number of aryl methyl sites for hydroxylation is 1. The highest BCUT2D eigenvalue weighted by molar-refractivity contribution is 7.90. The van der Waals surface area contributed by atoms with Gasteiger partial charge < -0.3 is 4.90 Å². The van der Waals surface area contributed by atoms with E-state index >= 15 is 0 Å². The van der Waals surface area contributed by atoms with E-state index in [2.05, 4.69) is 32.1 Å². The minimum absolute atomic E-state index is 0.356. The molecule has 5 aromatic rings. The first-order valence-electron chi connectivity index (χ1n) is 12.9. The summed E-state index contributed by atoms with van der Waals surface area (Å²) < 4.78 is 27.3. The number of pyridine rings is 2. The van der Waals surface area contributed by atoms with Crippen molar-refractivity contribution in [2.45, 2.75) is 11.4 Å². The van der Waals surface area contributed by atoms with Gasteiger partial charge in [-0.15, -0.1) is 0 Å². The summed E-state index contributed by atoms with van der Waals surface area (Å²) >= 11 is 0. The smallest absolute Gasteiger partial charge is 0.175 e. The second-order valence-electron chi connectivity index (χ2n) is 10.1. The van der Waals surface area contributed by atoms with Crippen molar-refractivity contribution >= 4 is 21.2 Å². The van der Waals surface area contributed by atoms with E-state index in [1.54, 1.807) is 33.6 Å². The zero-order valence-electron chi connectivity index (χ0n) is 22.3. The van der Waals surface area contributed by atoms with Crippen LogP contribution in [-0.4, -0.2) is 70.1 Å². The van der Waals surface area contributed by atoms with Crippen LogP contribution < -0.4 is 4.90 Å². The van der Waals surface area contributed by atoms with Gasteiger partial charge >= 0.3 is 0 Å². The molecule has 1 aromatic carbocycles. The van der Waals surface area contributed by atoms with Gasteiger partial charge in [0.25, 0.3) is 0 Å². The van der Waals surface area contributed by atoms with Crippen LogP contribution in [0.4, 0.5) is 5.82 Å². The van der Waals surface area contributed by atoms with Gasteiger partial charge in [-0.1, -0.05) is 12.1 Å². The van der Waals surface area contributed by atoms with Crippen LogP contribution in [0.5, 0.6) is 0 Å². The van der Waals surface area contributed by atoms with Crippen LogP contribution in [-0.2, 0) is 23.4 Å². The molecule has 202 valence electrons. The molecule has 10 nitrogen and oxygen atoms in total. The standard InChI is InChI=1S/C29H28N8O2S/c1-34-19-25(17-32-34)23-13-27(29-24(14-30)16-33-37(29)20-23)22-6-7-28(31-15-22)36-10-8-35(9-11-36)18-21-4-3-5-26(12-21)40(2,38)39/h3-7,12-13,15-17,19-20H,8-11,18H2,1-2H3. The van der Waals surface area contributed by atoms with Crippen LogP contribution in [0.3, 0.4) is 0 Å². The fourth-order valence-electron chi connectivity index (χ4n) is 5.15. The Morgan fingerprint density at radius 3 is 2.42 bits per heavy atom. The number of benzene rings is 1. The first-order valence-corrected chi connectivity index (χ1v) is 14.8. The third-order valence-electron chi connectivity index (χ3n) is 7.26. The third-order valence-corrected chi connectivity index (χ3v) is 8.37. The fourth-order valence-corrected chi connectivity index (χ4v) is 5.84. The lowest BCUT2D eigenvalue weighted by atomic mass is 10.0. The molecule has 0 aliphatic carbocycles. The lowest BCUT2D eigenvalue weighted by molar-refractivity contribution is 0.249. The Bertz CT molecular complexity index is 1840. The van der Waals surface area contributed by atoms with Gasteiger partial charge in [0.15, 0.2) is 9.84 Å². The monoisotopic (exact) mass is 552 g/mol. The van der Waals surface area contributed by atoms with E-state index in [1.807, 2.05) is 50.0 Å². The van der Waals surface area contributed by atoms with E-state index in [-0.39, 0.29) is 0 Å². The van der Waals surface area contributed by atoms with Gasteiger partial charge in [0, 0.05) is 86.9 Å². The summed E-state index contributed by atoms with van der Waals surface area (Å²) in [5, 5.41) is 18.4. The van der Waals surface area contributed by atoms with Crippen molar-refractivity contribution in [3.8, 4) is 28.3 Å². The van der Waals surface area contributed by atoms with Crippen molar-refractivity contribution in [2.24, 2.45) is 7.05 Å². The molecule has 5 heterocycles. The number of nitrogens with zero attached hydrogens (tertiary/aromatic N) is 8. The van der Waals surface area contributed by atoms with E-state index in [0.29, 0.717) is 17.0 Å². The summed E-state index contributed by atoms with van der Waals surface area (Å²) in [7, 11) is -1.34. The Hall–Kier alpha value is -4.53. The molecule has 0 saturated carbocycles. The van der Waals surface area contributed by atoms with Gasteiger partial charge in [-0.05, 0) is 35.9 Å². The first kappa shape index (κ1) is 25.7. The van der Waals surface area contributed by atoms with Crippen molar-refractivity contribution in [1.29, 1.82) is 5.26 Å². The SMILES string of the molecule is Cn1cc(-c2cc(-c3ccc(N4CCN(Cc5cccc(S(C)(=O)=O)c5)CC4)nc3)c3c(C#N)cnn3c2)cn1. The summed E-state index contributed by atoms with van der Waals surface area (Å²) in [5.41, 5.74) is 5.95. The molecule has 4 aromatic heterocycles. The first-order chi connectivity index (χ1) is 19.3. The minimum Gasteiger partial charge on any atom is -0.354 e. The Morgan fingerprint density at radius 2 is 1.75 bits per heavy atom. The van der Waals surface area contributed by atoms with E-state index in [1.165, 1.54) is 6.26 Å². The Balaban J connectivity index is 1.20. The van der Waals surface area contributed by atoms with Crippen molar-refractivity contribution in [3.05, 3.63) is 84.6 Å². The van der Waals surface area contributed by atoms with Gasteiger partial charge in [-0.25, -0.2) is 17.9 Å². The molecule has 0 unspecified atom stereocenters. The molecule has 6 rings (SSSR count).